The van der Waals surface area contributed by atoms with Gasteiger partial charge in [0.15, 0.2) is 5.69 Å². The van der Waals surface area contributed by atoms with E-state index in [9.17, 15) is 4.79 Å². The van der Waals surface area contributed by atoms with Gasteiger partial charge < -0.3 is 16.0 Å². The van der Waals surface area contributed by atoms with Crippen molar-refractivity contribution in [2.45, 2.75) is 18.9 Å². The number of nitrogen functional groups attached to an aromatic ring is 1. The number of carbonyl (C=O) groups is 1. The number of carbonyl (C=O) groups excluding carboxylic acids is 1. The highest BCUT2D eigenvalue weighted by molar-refractivity contribution is 5.92. The number of amides is 1. The van der Waals surface area contributed by atoms with E-state index in [0.29, 0.717) is 11.5 Å². The lowest BCUT2D eigenvalue weighted by atomic mass is 10.1. The number of nitrogens with one attached hydrogen (secondary N) is 1. The second-order valence-corrected chi connectivity index (χ2v) is 4.42. The van der Waals surface area contributed by atoms with E-state index in [1.54, 1.807) is 12.1 Å². The zero-order valence-corrected chi connectivity index (χ0v) is 9.89. The van der Waals surface area contributed by atoms with E-state index in [0.717, 1.165) is 25.9 Å². The number of likely N-dealkylation sites (tertiary alicyclic amines) is 1. The summed E-state index contributed by atoms with van der Waals surface area (Å²) < 4.78 is 0. The molecule has 3 N–H and O–H groups in total. The number of nitrogens with two attached hydrogens (primary N) is 1. The van der Waals surface area contributed by atoms with Crippen LogP contribution in [-0.4, -0.2) is 47.2 Å². The van der Waals surface area contributed by atoms with E-state index in [-0.39, 0.29) is 11.9 Å². The summed E-state index contributed by atoms with van der Waals surface area (Å²) in [5.74, 6) is 0.136. The highest BCUT2D eigenvalue weighted by Gasteiger charge is 2.20. The van der Waals surface area contributed by atoms with E-state index in [1.165, 1.54) is 0 Å². The summed E-state index contributed by atoms with van der Waals surface area (Å²) in [7, 11) is 2.06. The Kier molecular flexibility index (Phi) is 3.53. The number of piperidine rings is 1. The molecule has 1 saturated heterocycles. The van der Waals surface area contributed by atoms with Crippen molar-refractivity contribution < 1.29 is 4.79 Å². The summed E-state index contributed by atoms with van der Waals surface area (Å²) in [6.07, 6.45) is 2.12. The number of hydrogen-bond donors (Lipinski definition) is 2. The smallest absolute Gasteiger partial charge is 0.272 e. The molecule has 0 aromatic carbocycles. The minimum absolute atomic E-state index is 0.183. The quantitative estimate of drug-likeness (QED) is 0.746. The summed E-state index contributed by atoms with van der Waals surface area (Å²) in [4.78, 5) is 14.1. The highest BCUT2D eigenvalue weighted by Crippen LogP contribution is 2.08. The topological polar surface area (TPSA) is 84.1 Å². The van der Waals surface area contributed by atoms with Gasteiger partial charge in [0.1, 0.15) is 5.82 Å². The predicted octanol–water partition coefficient (Wildman–Crippen LogP) is -0.117. The van der Waals surface area contributed by atoms with Crippen molar-refractivity contribution in [1.29, 1.82) is 0 Å². The normalized spacial score (nSPS) is 21.1. The van der Waals surface area contributed by atoms with Crippen LogP contribution >= 0.6 is 0 Å². The average Bonchev–Trinajstić information content (AvgIpc) is 2.29. The van der Waals surface area contributed by atoms with Crippen LogP contribution in [0.3, 0.4) is 0 Å². The molecule has 6 heteroatoms. The molecule has 2 heterocycles. The van der Waals surface area contributed by atoms with E-state index in [1.807, 2.05) is 0 Å². The van der Waals surface area contributed by atoms with Crippen LogP contribution in [-0.2, 0) is 0 Å². The van der Waals surface area contributed by atoms with E-state index in [2.05, 4.69) is 27.5 Å². The number of hydrogen-bond acceptors (Lipinski definition) is 5. The van der Waals surface area contributed by atoms with Gasteiger partial charge in [0.2, 0.25) is 0 Å². The molecule has 2 rings (SSSR count). The maximum Gasteiger partial charge on any atom is 0.272 e. The van der Waals surface area contributed by atoms with Gasteiger partial charge >= 0.3 is 0 Å². The summed E-state index contributed by atoms with van der Waals surface area (Å²) in [5, 5.41) is 10.4. The molecule has 0 saturated carbocycles. The maximum atomic E-state index is 11.9. The van der Waals surface area contributed by atoms with Gasteiger partial charge in [-0.15, -0.1) is 10.2 Å². The van der Waals surface area contributed by atoms with E-state index >= 15 is 0 Å². The number of anilines is 1. The second kappa shape index (κ2) is 5.09. The molecule has 92 valence electrons. The maximum absolute atomic E-state index is 11.9. The van der Waals surface area contributed by atoms with Crippen LogP contribution in [0.4, 0.5) is 5.82 Å². The van der Waals surface area contributed by atoms with Crippen LogP contribution in [0.25, 0.3) is 0 Å². The molecule has 0 aliphatic carbocycles. The van der Waals surface area contributed by atoms with Crippen LogP contribution in [0.5, 0.6) is 0 Å². The molecule has 0 radical (unpaired) electrons. The van der Waals surface area contributed by atoms with E-state index in [4.69, 9.17) is 5.73 Å². The standard InChI is InChI=1S/C11H17N5O/c1-16-6-2-3-8(7-16)13-11(17)9-4-5-10(12)15-14-9/h4-5,8H,2-3,6-7H2,1H3,(H2,12,15)(H,13,17). The Labute approximate surface area is 100 Å². The monoisotopic (exact) mass is 235 g/mol. The zero-order chi connectivity index (χ0) is 12.3. The molecule has 1 unspecified atom stereocenters. The van der Waals surface area contributed by atoms with Gasteiger partial charge in [-0.3, -0.25) is 4.79 Å². The molecule has 1 atom stereocenters. The van der Waals surface area contributed by atoms with Crippen LogP contribution in [0.2, 0.25) is 0 Å². The Morgan fingerprint density at radius 3 is 3.00 bits per heavy atom. The molecular weight excluding hydrogens is 218 g/mol. The third-order valence-corrected chi connectivity index (χ3v) is 2.88. The van der Waals surface area contributed by atoms with Gasteiger partial charge in [-0.25, -0.2) is 0 Å². The van der Waals surface area contributed by atoms with Crippen LogP contribution in [0.1, 0.15) is 23.3 Å². The minimum Gasteiger partial charge on any atom is -0.382 e. The van der Waals surface area contributed by atoms with Crippen molar-refractivity contribution in [3.8, 4) is 0 Å². The van der Waals surface area contributed by atoms with Crippen LogP contribution < -0.4 is 11.1 Å². The van der Waals surface area contributed by atoms with Crippen molar-refractivity contribution in [1.82, 2.24) is 20.4 Å². The first kappa shape index (κ1) is 11.8. The van der Waals surface area contributed by atoms with Gasteiger partial charge in [0.25, 0.3) is 5.91 Å². The van der Waals surface area contributed by atoms with Crippen molar-refractivity contribution in [2.24, 2.45) is 0 Å². The van der Waals surface area contributed by atoms with Gasteiger partial charge in [-0.05, 0) is 38.6 Å². The summed E-state index contributed by atoms with van der Waals surface area (Å²) in [5.41, 5.74) is 5.73. The van der Waals surface area contributed by atoms with Crippen LogP contribution in [0, 0.1) is 0 Å². The third kappa shape index (κ3) is 3.13. The first-order valence-corrected chi connectivity index (χ1v) is 5.74. The first-order chi connectivity index (χ1) is 8.15. The highest BCUT2D eigenvalue weighted by atomic mass is 16.2. The molecule has 1 amide bonds. The molecular formula is C11H17N5O. The molecule has 6 nitrogen and oxygen atoms in total. The van der Waals surface area contributed by atoms with Gasteiger partial charge in [-0.2, -0.15) is 0 Å². The molecule has 1 fully saturated rings. The first-order valence-electron chi connectivity index (χ1n) is 5.74. The largest absolute Gasteiger partial charge is 0.382 e. The average molecular weight is 235 g/mol. The molecule has 1 aromatic heterocycles. The number of aromatic nitrogens is 2. The summed E-state index contributed by atoms with van der Waals surface area (Å²) >= 11 is 0. The lowest BCUT2D eigenvalue weighted by Gasteiger charge is -2.30. The third-order valence-electron chi connectivity index (χ3n) is 2.88. The number of nitrogens with zero attached hydrogens (tertiary/aromatic N) is 3. The second-order valence-electron chi connectivity index (χ2n) is 4.42. The predicted molar refractivity (Wildman–Crippen MR) is 64.4 cm³/mol. The Bertz CT molecular complexity index is 391. The minimum atomic E-state index is -0.183. The van der Waals surface area contributed by atoms with Crippen molar-refractivity contribution in [3.05, 3.63) is 17.8 Å². The van der Waals surface area contributed by atoms with Gasteiger partial charge in [0, 0.05) is 12.6 Å². The fourth-order valence-electron chi connectivity index (χ4n) is 2.01. The SMILES string of the molecule is CN1CCCC(NC(=O)c2ccc(N)nn2)C1. The van der Waals surface area contributed by atoms with Crippen molar-refractivity contribution >= 4 is 11.7 Å². The Morgan fingerprint density at radius 2 is 2.35 bits per heavy atom. The van der Waals surface area contributed by atoms with E-state index < -0.39 is 0 Å². The van der Waals surface area contributed by atoms with Crippen LogP contribution in [0.15, 0.2) is 12.1 Å². The van der Waals surface area contributed by atoms with Gasteiger partial charge in [0.05, 0.1) is 0 Å². The molecule has 1 aliphatic rings. The number of likely N-dealkylation sites (N-methyl/N-ethyl adjacent to an activating group) is 1. The zero-order valence-electron chi connectivity index (χ0n) is 9.89. The fraction of sp³-hybridized carbons (Fsp3) is 0.545. The lowest BCUT2D eigenvalue weighted by Crippen LogP contribution is -2.46. The van der Waals surface area contributed by atoms with Gasteiger partial charge in [-0.1, -0.05) is 0 Å². The molecule has 0 bridgehead atoms. The molecule has 0 spiro atoms. The lowest BCUT2D eigenvalue weighted by molar-refractivity contribution is 0.0906. The Hall–Kier alpha value is -1.69. The van der Waals surface area contributed by atoms with Crippen molar-refractivity contribution in [3.63, 3.8) is 0 Å². The Morgan fingerprint density at radius 1 is 1.53 bits per heavy atom. The van der Waals surface area contributed by atoms with Crippen molar-refractivity contribution in [2.75, 3.05) is 25.9 Å². The Balaban J connectivity index is 1.94. The summed E-state index contributed by atoms with van der Waals surface area (Å²) in [6.45, 7) is 1.97. The summed E-state index contributed by atoms with van der Waals surface area (Å²) in [6, 6.07) is 3.36. The molecule has 1 aromatic rings. The molecule has 1 aliphatic heterocycles. The fourth-order valence-corrected chi connectivity index (χ4v) is 2.01. The molecule has 17 heavy (non-hydrogen) atoms. The number of rotatable bonds is 2.